The molecule has 0 aliphatic carbocycles. The van der Waals surface area contributed by atoms with Crippen LogP contribution in [0.15, 0.2) is 42.5 Å². The second-order valence-electron chi connectivity index (χ2n) is 6.70. The van der Waals surface area contributed by atoms with Gasteiger partial charge in [-0.3, -0.25) is 4.79 Å². The lowest BCUT2D eigenvalue weighted by Crippen LogP contribution is -2.13. The van der Waals surface area contributed by atoms with Gasteiger partial charge in [-0.25, -0.2) is 4.79 Å². The van der Waals surface area contributed by atoms with Crippen LogP contribution < -0.4 is 10.1 Å². The number of thiophene rings is 1. The van der Waals surface area contributed by atoms with Crippen LogP contribution in [-0.2, 0) is 16.1 Å². The standard InChI is InChI=1S/C22H23NO5S/c1-13(2)28-12-16-9-14(5-7-18(16)26-3)21(24)23-17-6-8-19-15(10-17)11-20(29-19)22(25)27-4/h5-11,13H,12H2,1-4H3,(H,23,24). The number of amides is 1. The Morgan fingerprint density at radius 3 is 2.55 bits per heavy atom. The number of carbonyl (C=O) groups excluding carboxylic acids is 2. The van der Waals surface area contributed by atoms with Crippen molar-refractivity contribution >= 4 is 39.0 Å². The SMILES string of the molecule is COC(=O)c1cc2cc(NC(=O)c3ccc(OC)c(COC(C)C)c3)ccc2s1. The topological polar surface area (TPSA) is 73.9 Å². The van der Waals surface area contributed by atoms with Gasteiger partial charge in [-0.1, -0.05) is 0 Å². The molecule has 152 valence electrons. The molecule has 1 amide bonds. The zero-order valence-corrected chi connectivity index (χ0v) is 17.6. The highest BCUT2D eigenvalue weighted by molar-refractivity contribution is 7.20. The minimum Gasteiger partial charge on any atom is -0.496 e. The van der Waals surface area contributed by atoms with E-state index >= 15 is 0 Å². The second kappa shape index (κ2) is 9.07. The van der Waals surface area contributed by atoms with Gasteiger partial charge in [-0.15, -0.1) is 11.3 Å². The van der Waals surface area contributed by atoms with Crippen LogP contribution in [0, 0.1) is 0 Å². The van der Waals surface area contributed by atoms with Gasteiger partial charge in [0, 0.05) is 21.5 Å². The summed E-state index contributed by atoms with van der Waals surface area (Å²) in [6, 6.07) is 12.5. The number of nitrogens with one attached hydrogen (secondary N) is 1. The summed E-state index contributed by atoms with van der Waals surface area (Å²) in [7, 11) is 2.94. The maximum Gasteiger partial charge on any atom is 0.348 e. The molecule has 0 radical (unpaired) electrons. The van der Waals surface area contributed by atoms with Crippen molar-refractivity contribution in [2.45, 2.75) is 26.6 Å². The van der Waals surface area contributed by atoms with Crippen molar-refractivity contribution in [2.75, 3.05) is 19.5 Å². The minimum absolute atomic E-state index is 0.0735. The number of rotatable bonds is 7. The van der Waals surface area contributed by atoms with E-state index in [-0.39, 0.29) is 18.0 Å². The Hall–Kier alpha value is -2.90. The van der Waals surface area contributed by atoms with E-state index in [9.17, 15) is 9.59 Å². The Bertz CT molecular complexity index is 1040. The molecule has 2 aromatic carbocycles. The van der Waals surface area contributed by atoms with Crippen molar-refractivity contribution < 1.29 is 23.8 Å². The molecule has 0 bridgehead atoms. The number of benzene rings is 2. The summed E-state index contributed by atoms with van der Waals surface area (Å²) in [6.45, 7) is 4.27. The second-order valence-corrected chi connectivity index (χ2v) is 7.78. The molecule has 0 aliphatic heterocycles. The lowest BCUT2D eigenvalue weighted by atomic mass is 10.1. The summed E-state index contributed by atoms with van der Waals surface area (Å²) < 4.78 is 16.7. The minimum atomic E-state index is -0.369. The number of carbonyl (C=O) groups is 2. The van der Waals surface area contributed by atoms with Crippen LogP contribution in [0.2, 0.25) is 0 Å². The zero-order valence-electron chi connectivity index (χ0n) is 16.8. The van der Waals surface area contributed by atoms with Gasteiger partial charge < -0.3 is 19.5 Å². The van der Waals surface area contributed by atoms with Crippen LogP contribution in [0.4, 0.5) is 5.69 Å². The van der Waals surface area contributed by atoms with Crippen LogP contribution >= 0.6 is 11.3 Å². The maximum atomic E-state index is 12.7. The summed E-state index contributed by atoms with van der Waals surface area (Å²) in [4.78, 5) is 25.0. The van der Waals surface area contributed by atoms with E-state index in [0.717, 1.165) is 15.6 Å². The van der Waals surface area contributed by atoms with Crippen LogP contribution in [-0.4, -0.2) is 32.2 Å². The largest absolute Gasteiger partial charge is 0.496 e. The van der Waals surface area contributed by atoms with Crippen molar-refractivity contribution in [1.29, 1.82) is 0 Å². The summed E-state index contributed by atoms with van der Waals surface area (Å²) in [5.74, 6) is 0.0737. The molecular formula is C22H23NO5S. The molecule has 0 unspecified atom stereocenters. The Kier molecular flexibility index (Phi) is 6.51. The summed E-state index contributed by atoms with van der Waals surface area (Å²) in [5.41, 5.74) is 1.96. The first-order valence-electron chi connectivity index (χ1n) is 9.13. The molecule has 0 spiro atoms. The van der Waals surface area contributed by atoms with Gasteiger partial charge in [0.2, 0.25) is 0 Å². The van der Waals surface area contributed by atoms with Gasteiger partial charge in [0.15, 0.2) is 0 Å². The predicted octanol–water partition coefficient (Wildman–Crippen LogP) is 4.87. The Labute approximate surface area is 173 Å². The Balaban J connectivity index is 1.80. The molecule has 0 saturated carbocycles. The van der Waals surface area contributed by atoms with Crippen molar-refractivity contribution in [3.63, 3.8) is 0 Å². The van der Waals surface area contributed by atoms with Gasteiger partial charge in [0.05, 0.1) is 26.9 Å². The fourth-order valence-electron chi connectivity index (χ4n) is 2.81. The summed E-state index contributed by atoms with van der Waals surface area (Å²) in [5, 5.41) is 3.77. The van der Waals surface area contributed by atoms with Crippen molar-refractivity contribution in [3.05, 3.63) is 58.5 Å². The Morgan fingerprint density at radius 1 is 1.07 bits per heavy atom. The molecule has 7 heteroatoms. The maximum absolute atomic E-state index is 12.7. The fraction of sp³-hybridized carbons (Fsp3) is 0.273. The molecule has 1 N–H and O–H groups in total. The molecule has 0 fully saturated rings. The van der Waals surface area contributed by atoms with E-state index in [0.29, 0.717) is 28.5 Å². The summed E-state index contributed by atoms with van der Waals surface area (Å²) >= 11 is 1.35. The lowest BCUT2D eigenvalue weighted by molar-refractivity contribution is 0.0605. The van der Waals surface area contributed by atoms with Crippen LogP contribution in [0.3, 0.4) is 0 Å². The summed E-state index contributed by atoms with van der Waals surface area (Å²) in [6.07, 6.45) is 0.0735. The smallest absolute Gasteiger partial charge is 0.348 e. The molecule has 0 aliphatic rings. The van der Waals surface area contributed by atoms with Crippen molar-refractivity contribution in [3.8, 4) is 5.75 Å². The van der Waals surface area contributed by atoms with E-state index in [2.05, 4.69) is 5.32 Å². The third kappa shape index (κ3) is 4.93. The normalized spacial score (nSPS) is 10.9. The number of esters is 1. The lowest BCUT2D eigenvalue weighted by Gasteiger charge is -2.13. The molecule has 0 atom stereocenters. The number of hydrogen-bond donors (Lipinski definition) is 1. The van der Waals surface area contributed by atoms with Crippen LogP contribution in [0.25, 0.3) is 10.1 Å². The van der Waals surface area contributed by atoms with Gasteiger partial charge in [-0.05, 0) is 61.7 Å². The highest BCUT2D eigenvalue weighted by Crippen LogP contribution is 2.29. The van der Waals surface area contributed by atoms with Gasteiger partial charge in [-0.2, -0.15) is 0 Å². The molecular weight excluding hydrogens is 390 g/mol. The van der Waals surface area contributed by atoms with E-state index in [4.69, 9.17) is 14.2 Å². The number of ether oxygens (including phenoxy) is 3. The molecule has 0 saturated heterocycles. The Morgan fingerprint density at radius 2 is 1.86 bits per heavy atom. The van der Waals surface area contributed by atoms with Gasteiger partial charge in [0.1, 0.15) is 10.6 Å². The van der Waals surface area contributed by atoms with Crippen LogP contribution in [0.5, 0.6) is 5.75 Å². The van der Waals surface area contributed by atoms with Gasteiger partial charge in [0.25, 0.3) is 5.91 Å². The molecule has 1 heterocycles. The average Bonchev–Trinajstić information content (AvgIpc) is 3.14. The molecule has 29 heavy (non-hydrogen) atoms. The number of anilines is 1. The third-order valence-electron chi connectivity index (χ3n) is 4.28. The first kappa shape index (κ1) is 20.8. The zero-order chi connectivity index (χ0) is 21.0. The van der Waals surface area contributed by atoms with Crippen molar-refractivity contribution in [2.24, 2.45) is 0 Å². The van der Waals surface area contributed by atoms with Crippen molar-refractivity contribution in [1.82, 2.24) is 0 Å². The van der Waals surface area contributed by atoms with E-state index in [1.54, 1.807) is 31.4 Å². The van der Waals surface area contributed by atoms with E-state index in [1.165, 1.54) is 18.4 Å². The third-order valence-corrected chi connectivity index (χ3v) is 5.37. The predicted molar refractivity (Wildman–Crippen MR) is 114 cm³/mol. The monoisotopic (exact) mass is 413 g/mol. The highest BCUT2D eigenvalue weighted by Gasteiger charge is 2.14. The first-order valence-corrected chi connectivity index (χ1v) is 9.94. The van der Waals surface area contributed by atoms with E-state index < -0.39 is 0 Å². The molecule has 1 aromatic heterocycles. The van der Waals surface area contributed by atoms with E-state index in [1.807, 2.05) is 32.0 Å². The number of hydrogen-bond acceptors (Lipinski definition) is 6. The quantitative estimate of drug-likeness (QED) is 0.559. The number of methoxy groups -OCH3 is 2. The van der Waals surface area contributed by atoms with Crippen LogP contribution in [0.1, 0.15) is 39.4 Å². The van der Waals surface area contributed by atoms with Gasteiger partial charge >= 0.3 is 5.97 Å². The molecule has 6 nitrogen and oxygen atoms in total. The molecule has 3 rings (SSSR count). The fourth-order valence-corrected chi connectivity index (χ4v) is 3.78. The molecule has 3 aromatic rings. The first-order chi connectivity index (χ1) is 13.9. The average molecular weight is 413 g/mol. The number of fused-ring (bicyclic) bond motifs is 1. The highest BCUT2D eigenvalue weighted by atomic mass is 32.1.